The molecule has 0 fully saturated rings. The Bertz CT molecular complexity index is 396. The third-order valence-electron chi connectivity index (χ3n) is 4.57. The fraction of sp³-hybridized carbons (Fsp3) is 0.706. The predicted octanol–water partition coefficient (Wildman–Crippen LogP) is 4.97. The van der Waals surface area contributed by atoms with Crippen molar-refractivity contribution in [3.8, 4) is 0 Å². The number of rotatable bonds is 1. The molecule has 0 atom stereocenters. The van der Waals surface area contributed by atoms with Gasteiger partial charge in [-0.1, -0.05) is 26.3 Å². The van der Waals surface area contributed by atoms with Gasteiger partial charge < -0.3 is 0 Å². The number of hydrogen-bond donors (Lipinski definition) is 0. The van der Waals surface area contributed by atoms with Crippen LogP contribution >= 0.6 is 0 Å². The van der Waals surface area contributed by atoms with Gasteiger partial charge in [-0.3, -0.25) is 4.79 Å². The molecule has 0 saturated carbocycles. The van der Waals surface area contributed by atoms with Gasteiger partial charge in [-0.15, -0.1) is 0 Å². The van der Waals surface area contributed by atoms with E-state index in [1.807, 2.05) is 0 Å². The molecule has 0 bridgehead atoms. The first-order valence-electron chi connectivity index (χ1n) is 7.46. The Hall–Kier alpha value is -0.850. The maximum atomic E-state index is 12.5. The number of ketones is 1. The standard InChI is InChI=1S/C17H26O/c1-13-15(14-9-6-4-5-7-10-14)11-8-12-17(2,3)16(13)18/h9H,4-8,10-12H2,1-3H3. The van der Waals surface area contributed by atoms with Crippen molar-refractivity contribution in [2.45, 2.75) is 72.1 Å². The smallest absolute Gasteiger partial charge is 0.164 e. The Morgan fingerprint density at radius 2 is 1.83 bits per heavy atom. The van der Waals surface area contributed by atoms with E-state index in [1.165, 1.54) is 43.3 Å². The predicted molar refractivity (Wildman–Crippen MR) is 76.5 cm³/mol. The molecule has 0 unspecified atom stereocenters. The zero-order valence-corrected chi connectivity index (χ0v) is 12.1. The van der Waals surface area contributed by atoms with E-state index in [9.17, 15) is 4.79 Å². The molecule has 1 nitrogen and oxygen atoms in total. The van der Waals surface area contributed by atoms with Gasteiger partial charge >= 0.3 is 0 Å². The lowest BCUT2D eigenvalue weighted by Crippen LogP contribution is -2.24. The van der Waals surface area contributed by atoms with E-state index in [-0.39, 0.29) is 5.41 Å². The summed E-state index contributed by atoms with van der Waals surface area (Å²) in [5, 5.41) is 0. The second-order valence-corrected chi connectivity index (χ2v) is 6.50. The fourth-order valence-electron chi connectivity index (χ4n) is 3.34. The first-order chi connectivity index (χ1) is 8.52. The van der Waals surface area contributed by atoms with Gasteiger partial charge in [0, 0.05) is 5.41 Å². The Balaban J connectivity index is 2.32. The first kappa shape index (κ1) is 13.6. The highest BCUT2D eigenvalue weighted by Crippen LogP contribution is 2.38. The minimum Gasteiger partial charge on any atom is -0.294 e. The summed E-state index contributed by atoms with van der Waals surface area (Å²) in [4.78, 5) is 12.5. The summed E-state index contributed by atoms with van der Waals surface area (Å²) >= 11 is 0. The van der Waals surface area contributed by atoms with Crippen LogP contribution in [0.5, 0.6) is 0 Å². The van der Waals surface area contributed by atoms with Crippen LogP contribution in [0.1, 0.15) is 72.1 Å². The van der Waals surface area contributed by atoms with Crippen molar-refractivity contribution < 1.29 is 4.79 Å². The average molecular weight is 246 g/mol. The summed E-state index contributed by atoms with van der Waals surface area (Å²) in [6, 6.07) is 0. The van der Waals surface area contributed by atoms with Gasteiger partial charge in [0.05, 0.1) is 0 Å². The summed E-state index contributed by atoms with van der Waals surface area (Å²) in [7, 11) is 0. The Labute approximate surface area is 111 Å². The third-order valence-corrected chi connectivity index (χ3v) is 4.57. The number of allylic oxidation sites excluding steroid dienone is 4. The summed E-state index contributed by atoms with van der Waals surface area (Å²) < 4.78 is 0. The van der Waals surface area contributed by atoms with Gasteiger partial charge in [-0.2, -0.15) is 0 Å². The number of hydrogen-bond acceptors (Lipinski definition) is 1. The number of carbonyl (C=O) groups excluding carboxylic acids is 1. The molecule has 0 N–H and O–H groups in total. The van der Waals surface area contributed by atoms with Crippen molar-refractivity contribution >= 4 is 5.78 Å². The molecule has 0 aliphatic heterocycles. The molecule has 100 valence electrons. The molecule has 0 aromatic carbocycles. The van der Waals surface area contributed by atoms with Crippen LogP contribution < -0.4 is 0 Å². The van der Waals surface area contributed by atoms with Crippen LogP contribution in [0.25, 0.3) is 0 Å². The van der Waals surface area contributed by atoms with Crippen molar-refractivity contribution in [1.29, 1.82) is 0 Å². The molecule has 18 heavy (non-hydrogen) atoms. The van der Waals surface area contributed by atoms with Crippen molar-refractivity contribution in [1.82, 2.24) is 0 Å². The minimum absolute atomic E-state index is 0.156. The van der Waals surface area contributed by atoms with Crippen LogP contribution in [0.15, 0.2) is 22.8 Å². The molecule has 1 heteroatoms. The van der Waals surface area contributed by atoms with Gasteiger partial charge in [0.15, 0.2) is 5.78 Å². The zero-order chi connectivity index (χ0) is 13.2. The molecule has 2 aliphatic carbocycles. The second-order valence-electron chi connectivity index (χ2n) is 6.50. The molecule has 0 radical (unpaired) electrons. The van der Waals surface area contributed by atoms with Crippen LogP contribution in [0.2, 0.25) is 0 Å². The van der Waals surface area contributed by atoms with E-state index in [2.05, 4.69) is 26.8 Å². The summed E-state index contributed by atoms with van der Waals surface area (Å²) in [5.41, 5.74) is 3.76. The topological polar surface area (TPSA) is 17.1 Å². The van der Waals surface area contributed by atoms with Crippen LogP contribution in [0.4, 0.5) is 0 Å². The van der Waals surface area contributed by atoms with Crippen LogP contribution in [0.3, 0.4) is 0 Å². The monoisotopic (exact) mass is 246 g/mol. The molecular weight excluding hydrogens is 220 g/mol. The minimum atomic E-state index is -0.156. The van der Waals surface area contributed by atoms with Gasteiger partial charge in [0.2, 0.25) is 0 Å². The number of Topliss-reactive ketones (excluding diaryl/α,β-unsaturated/α-hetero) is 1. The summed E-state index contributed by atoms with van der Waals surface area (Å²) in [6.07, 6.45) is 12.0. The fourth-order valence-corrected chi connectivity index (χ4v) is 3.34. The lowest BCUT2D eigenvalue weighted by atomic mass is 9.81. The van der Waals surface area contributed by atoms with E-state index in [1.54, 1.807) is 0 Å². The van der Waals surface area contributed by atoms with Crippen LogP contribution in [0, 0.1) is 5.41 Å². The largest absolute Gasteiger partial charge is 0.294 e. The van der Waals surface area contributed by atoms with Gasteiger partial charge in [0.1, 0.15) is 0 Å². The zero-order valence-electron chi connectivity index (χ0n) is 12.1. The number of carbonyl (C=O) groups is 1. The maximum Gasteiger partial charge on any atom is 0.164 e. The highest BCUT2D eigenvalue weighted by molar-refractivity contribution is 6.00. The summed E-state index contributed by atoms with van der Waals surface area (Å²) in [6.45, 7) is 6.25. The van der Waals surface area contributed by atoms with Gasteiger partial charge in [-0.25, -0.2) is 0 Å². The molecule has 0 saturated heterocycles. The van der Waals surface area contributed by atoms with E-state index in [0.717, 1.165) is 24.8 Å². The third kappa shape index (κ3) is 2.76. The molecule has 0 aromatic rings. The van der Waals surface area contributed by atoms with Crippen molar-refractivity contribution in [2.75, 3.05) is 0 Å². The normalized spacial score (nSPS) is 25.5. The van der Waals surface area contributed by atoms with Gasteiger partial charge in [-0.05, 0) is 68.6 Å². The van der Waals surface area contributed by atoms with E-state index in [0.29, 0.717) is 5.78 Å². The average Bonchev–Trinajstić information content (AvgIpc) is 2.65. The molecule has 2 rings (SSSR count). The first-order valence-corrected chi connectivity index (χ1v) is 7.46. The van der Waals surface area contributed by atoms with Crippen molar-refractivity contribution in [3.05, 3.63) is 22.8 Å². The van der Waals surface area contributed by atoms with Crippen molar-refractivity contribution in [2.24, 2.45) is 5.41 Å². The van der Waals surface area contributed by atoms with Crippen LogP contribution in [-0.2, 0) is 4.79 Å². The van der Waals surface area contributed by atoms with E-state index in [4.69, 9.17) is 0 Å². The van der Waals surface area contributed by atoms with Crippen molar-refractivity contribution in [3.63, 3.8) is 0 Å². The summed E-state index contributed by atoms with van der Waals surface area (Å²) in [5.74, 6) is 0.375. The maximum absolute atomic E-state index is 12.5. The SMILES string of the molecule is CC1=C(C2=CCCCCC2)CCCC(C)(C)C1=O. The highest BCUT2D eigenvalue weighted by atomic mass is 16.1. The molecular formula is C17H26O. The van der Waals surface area contributed by atoms with Crippen LogP contribution in [-0.4, -0.2) is 5.78 Å². The lowest BCUT2D eigenvalue weighted by molar-refractivity contribution is -0.123. The molecule has 0 amide bonds. The highest BCUT2D eigenvalue weighted by Gasteiger charge is 2.32. The lowest BCUT2D eigenvalue weighted by Gasteiger charge is -2.21. The molecule has 0 spiro atoms. The Morgan fingerprint density at radius 1 is 1.06 bits per heavy atom. The van der Waals surface area contributed by atoms with E-state index < -0.39 is 0 Å². The quantitative estimate of drug-likeness (QED) is 0.638. The Kier molecular flexibility index (Phi) is 4.09. The van der Waals surface area contributed by atoms with E-state index >= 15 is 0 Å². The molecule has 0 aromatic heterocycles. The molecule has 2 aliphatic rings. The second kappa shape index (κ2) is 5.42. The van der Waals surface area contributed by atoms with Gasteiger partial charge in [0.25, 0.3) is 0 Å². The Morgan fingerprint density at radius 3 is 2.61 bits per heavy atom. The molecule has 0 heterocycles.